The van der Waals surface area contributed by atoms with E-state index in [9.17, 15) is 0 Å². The highest BCUT2D eigenvalue weighted by Crippen LogP contribution is 2.43. The number of anilines is 1. The number of nitrogen functional groups attached to an aromatic ring is 1. The maximum Gasteiger partial charge on any atom is 0.167 e. The fourth-order valence-corrected chi connectivity index (χ4v) is 3.13. The second-order valence-corrected chi connectivity index (χ2v) is 5.95. The molecule has 2 aliphatic rings. The summed E-state index contributed by atoms with van der Waals surface area (Å²) in [7, 11) is 0. The van der Waals surface area contributed by atoms with Gasteiger partial charge in [-0.2, -0.15) is 0 Å². The highest BCUT2D eigenvalue weighted by Gasteiger charge is 2.55. The summed E-state index contributed by atoms with van der Waals surface area (Å²) in [6, 6.07) is 0. The Hall–Kier alpha value is -1.81. The van der Waals surface area contributed by atoms with Crippen molar-refractivity contribution in [2.45, 2.75) is 44.2 Å². The molecule has 2 aliphatic heterocycles. The lowest BCUT2D eigenvalue weighted by Crippen LogP contribution is -2.34. The van der Waals surface area contributed by atoms with Crippen LogP contribution in [-0.2, 0) is 14.2 Å². The molecule has 4 atom stereocenters. The number of ether oxygens (including phenoxy) is 3. The highest BCUT2D eigenvalue weighted by atomic mass is 16.8. The molecule has 2 fully saturated rings. The van der Waals surface area contributed by atoms with Crippen LogP contribution in [-0.4, -0.2) is 50.2 Å². The van der Waals surface area contributed by atoms with Crippen LogP contribution in [0, 0.1) is 0 Å². The zero-order valence-electron chi connectivity index (χ0n) is 12.3. The van der Waals surface area contributed by atoms with Crippen molar-refractivity contribution in [2.24, 2.45) is 5.73 Å². The average molecular weight is 306 g/mol. The summed E-state index contributed by atoms with van der Waals surface area (Å²) in [5.74, 6) is -0.340. The summed E-state index contributed by atoms with van der Waals surface area (Å²) in [4.78, 5) is 12.5. The van der Waals surface area contributed by atoms with Gasteiger partial charge in [0.1, 0.15) is 30.2 Å². The van der Waals surface area contributed by atoms with Crippen LogP contribution >= 0.6 is 0 Å². The van der Waals surface area contributed by atoms with Crippen molar-refractivity contribution < 1.29 is 14.2 Å². The smallest absolute Gasteiger partial charge is 0.167 e. The average Bonchev–Trinajstić information content (AvgIpc) is 3.10. The van der Waals surface area contributed by atoms with Crippen LogP contribution in [0.3, 0.4) is 0 Å². The van der Waals surface area contributed by atoms with Gasteiger partial charge in [-0.1, -0.05) is 0 Å². The van der Waals surface area contributed by atoms with Gasteiger partial charge >= 0.3 is 0 Å². The van der Waals surface area contributed by atoms with Crippen molar-refractivity contribution in [1.29, 1.82) is 0 Å². The zero-order chi connectivity index (χ0) is 15.5. The van der Waals surface area contributed by atoms with Gasteiger partial charge in [-0.15, -0.1) is 0 Å². The van der Waals surface area contributed by atoms with Crippen LogP contribution in [0.25, 0.3) is 11.2 Å². The van der Waals surface area contributed by atoms with E-state index < -0.39 is 12.0 Å². The zero-order valence-corrected chi connectivity index (χ0v) is 12.3. The number of fused-ring (bicyclic) bond motifs is 2. The number of hydrogen-bond acceptors (Lipinski definition) is 8. The molecule has 2 saturated heterocycles. The molecule has 2 aromatic rings. The molecule has 2 unspecified atom stereocenters. The predicted molar refractivity (Wildman–Crippen MR) is 76.5 cm³/mol. The summed E-state index contributed by atoms with van der Waals surface area (Å²) >= 11 is 0. The maximum absolute atomic E-state index is 6.01. The lowest BCUT2D eigenvalue weighted by atomic mass is 10.1. The van der Waals surface area contributed by atoms with E-state index in [-0.39, 0.29) is 18.3 Å². The Bertz CT molecular complexity index is 717. The first-order valence-electron chi connectivity index (χ1n) is 7.14. The summed E-state index contributed by atoms with van der Waals surface area (Å²) in [6.07, 6.45) is 1.87. The first kappa shape index (κ1) is 13.8. The van der Waals surface area contributed by atoms with Gasteiger partial charge < -0.3 is 25.7 Å². The number of hydrogen-bond donors (Lipinski definition) is 2. The van der Waals surface area contributed by atoms with Crippen LogP contribution in [0.2, 0.25) is 0 Å². The van der Waals surface area contributed by atoms with Crippen molar-refractivity contribution >= 4 is 17.0 Å². The lowest BCUT2D eigenvalue weighted by Gasteiger charge is -2.24. The molecule has 4 N–H and O–H groups in total. The Morgan fingerprint density at radius 2 is 2.00 bits per heavy atom. The van der Waals surface area contributed by atoms with Crippen LogP contribution in [0.5, 0.6) is 0 Å². The minimum Gasteiger partial charge on any atom is -0.382 e. The number of imidazole rings is 1. The standard InChI is InChI=1S/C13H18N6O3/c1-13(2)21-8-6(3-14)20-12(9(8)22-13)19-5-18-7-10(15)16-4-17-11(7)19/h4-6,8-9,12H,3,14H2,1-2H3,(H2,15,16,17)/t6?,8-,9-,12?/m1/s1. The third-order valence-electron chi connectivity index (χ3n) is 4.02. The van der Waals surface area contributed by atoms with E-state index >= 15 is 0 Å². The summed E-state index contributed by atoms with van der Waals surface area (Å²) in [6.45, 7) is 4.10. The Labute approximate surface area is 126 Å². The van der Waals surface area contributed by atoms with Gasteiger partial charge in [0.15, 0.2) is 23.5 Å². The molecule has 4 heterocycles. The van der Waals surface area contributed by atoms with Gasteiger partial charge in [-0.3, -0.25) is 4.57 Å². The Kier molecular flexibility index (Phi) is 2.89. The lowest BCUT2D eigenvalue weighted by molar-refractivity contribution is -0.195. The molecule has 118 valence electrons. The number of nitrogens with zero attached hydrogens (tertiary/aromatic N) is 4. The summed E-state index contributed by atoms with van der Waals surface area (Å²) in [5, 5.41) is 0. The number of nitrogens with two attached hydrogens (primary N) is 2. The van der Waals surface area contributed by atoms with E-state index in [1.54, 1.807) is 10.9 Å². The quantitative estimate of drug-likeness (QED) is 0.781. The van der Waals surface area contributed by atoms with Crippen LogP contribution < -0.4 is 11.5 Å². The Balaban J connectivity index is 1.77. The molecule has 0 bridgehead atoms. The van der Waals surface area contributed by atoms with E-state index in [1.807, 2.05) is 13.8 Å². The monoisotopic (exact) mass is 306 g/mol. The van der Waals surface area contributed by atoms with Crippen LogP contribution in [0.1, 0.15) is 20.1 Å². The normalized spacial score (nSPS) is 33.4. The second-order valence-electron chi connectivity index (χ2n) is 5.95. The third-order valence-corrected chi connectivity index (χ3v) is 4.02. The number of rotatable bonds is 2. The Morgan fingerprint density at radius 3 is 2.77 bits per heavy atom. The molecule has 0 saturated carbocycles. The third kappa shape index (κ3) is 1.90. The minimum absolute atomic E-state index is 0.221. The van der Waals surface area contributed by atoms with Gasteiger partial charge in [0.25, 0.3) is 0 Å². The second kappa shape index (κ2) is 4.59. The molecule has 2 aromatic heterocycles. The molecular weight excluding hydrogens is 288 g/mol. The highest BCUT2D eigenvalue weighted by molar-refractivity contribution is 5.81. The van der Waals surface area contributed by atoms with Gasteiger partial charge in [0.05, 0.1) is 6.33 Å². The molecule has 0 aromatic carbocycles. The van der Waals surface area contributed by atoms with E-state index in [2.05, 4.69) is 15.0 Å². The van der Waals surface area contributed by atoms with Gasteiger partial charge in [-0.05, 0) is 13.8 Å². The molecule has 9 nitrogen and oxygen atoms in total. The van der Waals surface area contributed by atoms with Crippen molar-refractivity contribution in [1.82, 2.24) is 19.5 Å². The first-order valence-corrected chi connectivity index (χ1v) is 7.14. The molecule has 0 amide bonds. The predicted octanol–water partition coefficient (Wildman–Crippen LogP) is -0.215. The van der Waals surface area contributed by atoms with Crippen LogP contribution in [0.4, 0.5) is 5.82 Å². The van der Waals surface area contributed by atoms with E-state index in [0.29, 0.717) is 23.5 Å². The fraction of sp³-hybridized carbons (Fsp3) is 0.615. The first-order chi connectivity index (χ1) is 10.5. The molecule has 0 spiro atoms. The fourth-order valence-electron chi connectivity index (χ4n) is 3.13. The molecule has 9 heteroatoms. The largest absolute Gasteiger partial charge is 0.382 e. The van der Waals surface area contributed by atoms with Gasteiger partial charge in [-0.25, -0.2) is 15.0 Å². The minimum atomic E-state index is -0.671. The number of aromatic nitrogens is 4. The Morgan fingerprint density at radius 1 is 1.23 bits per heavy atom. The topological polar surface area (TPSA) is 123 Å². The van der Waals surface area contributed by atoms with Crippen molar-refractivity contribution in [3.8, 4) is 0 Å². The SMILES string of the molecule is CC1(C)O[C@@H]2C(CN)OC(n3cnc4c(N)ncnc43)[C@@H]2O1. The van der Waals surface area contributed by atoms with Crippen LogP contribution in [0.15, 0.2) is 12.7 Å². The van der Waals surface area contributed by atoms with E-state index in [1.165, 1.54) is 6.33 Å². The van der Waals surface area contributed by atoms with Gasteiger partial charge in [0, 0.05) is 6.54 Å². The van der Waals surface area contributed by atoms with Crippen molar-refractivity contribution in [3.05, 3.63) is 12.7 Å². The van der Waals surface area contributed by atoms with E-state index in [4.69, 9.17) is 25.7 Å². The van der Waals surface area contributed by atoms with Crippen molar-refractivity contribution in [3.63, 3.8) is 0 Å². The van der Waals surface area contributed by atoms with Crippen molar-refractivity contribution in [2.75, 3.05) is 12.3 Å². The van der Waals surface area contributed by atoms with Gasteiger partial charge in [0.2, 0.25) is 0 Å². The van der Waals surface area contributed by atoms with E-state index in [0.717, 1.165) is 0 Å². The molecule has 0 radical (unpaired) electrons. The summed E-state index contributed by atoms with van der Waals surface area (Å²) < 4.78 is 19.7. The molecular formula is C13H18N6O3. The molecule has 0 aliphatic carbocycles. The molecule has 4 rings (SSSR count). The summed E-state index contributed by atoms with van der Waals surface area (Å²) in [5.41, 5.74) is 12.8. The maximum atomic E-state index is 6.01. The molecule has 22 heavy (non-hydrogen) atoms.